The zero-order chi connectivity index (χ0) is 19.7. The number of aliphatic carboxylic acids is 1. The predicted octanol–water partition coefficient (Wildman–Crippen LogP) is 1.48. The molecule has 1 aliphatic rings. The zero-order valence-corrected chi connectivity index (χ0v) is 15.1. The third kappa shape index (κ3) is 3.28. The van der Waals surface area contributed by atoms with E-state index in [0.717, 1.165) is 18.4 Å². The van der Waals surface area contributed by atoms with Gasteiger partial charge in [-0.1, -0.05) is 47.7 Å². The summed E-state index contributed by atoms with van der Waals surface area (Å²) in [7, 11) is 0. The van der Waals surface area contributed by atoms with Gasteiger partial charge in [-0.05, 0) is 12.8 Å². The second kappa shape index (κ2) is 7.30. The van der Waals surface area contributed by atoms with Crippen molar-refractivity contribution in [1.29, 1.82) is 0 Å². The Hall–Kier alpha value is -3.42. The molecule has 0 aliphatic heterocycles. The van der Waals surface area contributed by atoms with E-state index in [1.54, 1.807) is 0 Å². The number of nitrogens with one attached hydrogen (secondary N) is 3. The maximum Gasteiger partial charge on any atom is 0.361 e. The van der Waals surface area contributed by atoms with E-state index >= 15 is 0 Å². The topological polar surface area (TPSA) is 118 Å². The summed E-state index contributed by atoms with van der Waals surface area (Å²) in [5, 5.41) is 15.0. The zero-order valence-electron chi connectivity index (χ0n) is 15.1. The van der Waals surface area contributed by atoms with E-state index in [1.807, 2.05) is 30.3 Å². The Morgan fingerprint density at radius 2 is 1.93 bits per heavy atom. The van der Waals surface area contributed by atoms with Gasteiger partial charge < -0.3 is 10.4 Å². The van der Waals surface area contributed by atoms with Gasteiger partial charge in [-0.15, -0.1) is 0 Å². The number of hydrogen-bond acceptors (Lipinski definition) is 3. The fourth-order valence-electron chi connectivity index (χ4n) is 3.82. The predicted molar refractivity (Wildman–Crippen MR) is 101 cm³/mol. The van der Waals surface area contributed by atoms with Crippen molar-refractivity contribution in [2.45, 2.75) is 31.7 Å². The van der Waals surface area contributed by atoms with Crippen LogP contribution >= 0.6 is 0 Å². The number of carboxylic acid groups (broad SMARTS) is 1. The first-order chi connectivity index (χ1) is 13.5. The van der Waals surface area contributed by atoms with Crippen molar-refractivity contribution in [3.8, 4) is 11.3 Å². The van der Waals surface area contributed by atoms with Crippen LogP contribution in [0.1, 0.15) is 36.0 Å². The van der Waals surface area contributed by atoms with Gasteiger partial charge in [0.1, 0.15) is 5.69 Å². The number of aromatic nitrogens is 3. The summed E-state index contributed by atoms with van der Waals surface area (Å²) in [5.41, 5.74) is 1.73. The summed E-state index contributed by atoms with van der Waals surface area (Å²) in [6.45, 7) is 0. The van der Waals surface area contributed by atoms with Crippen LogP contribution in [0.4, 0.5) is 0 Å². The van der Waals surface area contributed by atoms with E-state index in [-0.39, 0.29) is 11.1 Å². The lowest BCUT2D eigenvalue weighted by Gasteiger charge is -2.28. The first kappa shape index (κ1) is 18.0. The normalized spacial score (nSPS) is 19.4. The van der Waals surface area contributed by atoms with Gasteiger partial charge >= 0.3 is 17.2 Å². The van der Waals surface area contributed by atoms with Crippen LogP contribution in [-0.2, 0) is 4.79 Å². The van der Waals surface area contributed by atoms with Crippen molar-refractivity contribution in [3.05, 3.63) is 58.5 Å². The summed E-state index contributed by atoms with van der Waals surface area (Å²) in [6, 6.07) is 10.4. The van der Waals surface area contributed by atoms with Gasteiger partial charge in [0, 0.05) is 11.6 Å². The maximum atomic E-state index is 12.9. The Labute approximate surface area is 160 Å². The maximum absolute atomic E-state index is 12.9. The molecular formula is C20H21N4O4+. The molecule has 0 radical (unpaired) electrons. The molecule has 1 fully saturated rings. The lowest BCUT2D eigenvalue weighted by molar-refractivity contribution is -0.337. The number of carboxylic acids is 1. The molecule has 8 heteroatoms. The summed E-state index contributed by atoms with van der Waals surface area (Å²) in [6.07, 6.45) is 4.37. The number of amides is 1. The molecule has 2 atom stereocenters. The SMILES string of the molecule is O=C(N[C@H]1CCCC[C@H]1C(=O)O)c1c[nH]n2c(=O)cc(-c3ccccc3)[nH+]c12. The minimum absolute atomic E-state index is 0.268. The van der Waals surface area contributed by atoms with Crippen LogP contribution in [0, 0.1) is 5.92 Å². The summed E-state index contributed by atoms with van der Waals surface area (Å²) < 4.78 is 1.26. The van der Waals surface area contributed by atoms with E-state index < -0.39 is 23.8 Å². The number of nitrogens with zero attached hydrogens (tertiary/aromatic N) is 1. The van der Waals surface area contributed by atoms with Crippen LogP contribution < -0.4 is 15.9 Å². The molecule has 28 heavy (non-hydrogen) atoms. The minimum Gasteiger partial charge on any atom is -0.481 e. The van der Waals surface area contributed by atoms with E-state index in [0.29, 0.717) is 24.2 Å². The molecule has 0 bridgehead atoms. The largest absolute Gasteiger partial charge is 0.481 e. The lowest BCUT2D eigenvalue weighted by atomic mass is 9.84. The number of hydrogen-bond donors (Lipinski definition) is 3. The van der Waals surface area contributed by atoms with Gasteiger partial charge in [0.15, 0.2) is 5.56 Å². The van der Waals surface area contributed by atoms with Crippen molar-refractivity contribution in [2.24, 2.45) is 5.92 Å². The Morgan fingerprint density at radius 3 is 2.68 bits per heavy atom. The molecular weight excluding hydrogens is 360 g/mol. The molecule has 8 nitrogen and oxygen atoms in total. The number of rotatable bonds is 4. The Bertz CT molecular complexity index is 1090. The third-order valence-electron chi connectivity index (χ3n) is 5.29. The minimum atomic E-state index is -0.891. The van der Waals surface area contributed by atoms with Gasteiger partial charge in [0.05, 0.1) is 18.2 Å². The Morgan fingerprint density at radius 1 is 1.18 bits per heavy atom. The van der Waals surface area contributed by atoms with Gasteiger partial charge in [-0.3, -0.25) is 9.59 Å². The summed E-state index contributed by atoms with van der Waals surface area (Å²) >= 11 is 0. The monoisotopic (exact) mass is 381 g/mol. The molecule has 1 aliphatic carbocycles. The molecule has 4 rings (SSSR count). The third-order valence-corrected chi connectivity index (χ3v) is 5.29. The van der Waals surface area contributed by atoms with E-state index in [9.17, 15) is 19.5 Å². The number of H-pyrrole nitrogens is 2. The van der Waals surface area contributed by atoms with Gasteiger partial charge in [0.2, 0.25) is 0 Å². The van der Waals surface area contributed by atoms with Crippen molar-refractivity contribution < 1.29 is 19.7 Å². The van der Waals surface area contributed by atoms with E-state index in [2.05, 4.69) is 15.4 Å². The summed E-state index contributed by atoms with van der Waals surface area (Å²) in [4.78, 5) is 39.9. The average Bonchev–Trinajstić information content (AvgIpc) is 3.13. The van der Waals surface area contributed by atoms with Crippen LogP contribution in [-0.4, -0.2) is 32.6 Å². The van der Waals surface area contributed by atoms with Crippen LogP contribution in [0.5, 0.6) is 0 Å². The first-order valence-electron chi connectivity index (χ1n) is 9.30. The molecule has 1 amide bonds. The highest BCUT2D eigenvalue weighted by Gasteiger charge is 2.33. The van der Waals surface area contributed by atoms with Crippen molar-refractivity contribution in [2.75, 3.05) is 0 Å². The molecule has 1 aromatic carbocycles. The van der Waals surface area contributed by atoms with Gasteiger partial charge in [0.25, 0.3) is 5.91 Å². The van der Waals surface area contributed by atoms with Crippen molar-refractivity contribution >= 4 is 17.5 Å². The van der Waals surface area contributed by atoms with E-state index in [1.165, 1.54) is 16.8 Å². The molecule has 0 spiro atoms. The van der Waals surface area contributed by atoms with Crippen LogP contribution in [0.15, 0.2) is 47.4 Å². The fourth-order valence-corrected chi connectivity index (χ4v) is 3.82. The molecule has 3 aromatic rings. The highest BCUT2D eigenvalue weighted by Crippen LogP contribution is 2.25. The Kier molecular flexibility index (Phi) is 4.68. The van der Waals surface area contributed by atoms with Crippen LogP contribution in [0.3, 0.4) is 0 Å². The standard InChI is InChI=1S/C20H20N4O4/c25-17-10-16(12-6-2-1-3-7-12)22-18-14(11-21-24(17)18)19(26)23-15-9-5-4-8-13(15)20(27)28/h1-3,6-7,10-11,13,15,21H,4-5,8-9H2,(H,23,26)(H,27,28)/p+1/t13-,15+/m1/s1. The number of carbonyl (C=O) groups is 2. The highest BCUT2D eigenvalue weighted by molar-refractivity contribution is 5.99. The second-order valence-electron chi connectivity index (χ2n) is 7.07. The van der Waals surface area contributed by atoms with Crippen LogP contribution in [0.25, 0.3) is 16.9 Å². The van der Waals surface area contributed by atoms with Crippen molar-refractivity contribution in [3.63, 3.8) is 0 Å². The average molecular weight is 381 g/mol. The first-order valence-corrected chi connectivity index (χ1v) is 9.30. The number of fused-ring (bicyclic) bond motifs is 1. The molecule has 0 saturated heterocycles. The van der Waals surface area contributed by atoms with Crippen molar-refractivity contribution in [1.82, 2.24) is 14.9 Å². The molecule has 4 N–H and O–H groups in total. The quantitative estimate of drug-likeness (QED) is 0.634. The molecule has 1 saturated carbocycles. The number of aromatic amines is 2. The molecule has 144 valence electrons. The number of carbonyl (C=O) groups excluding carboxylic acids is 1. The number of benzene rings is 1. The second-order valence-corrected chi connectivity index (χ2v) is 7.07. The highest BCUT2D eigenvalue weighted by atomic mass is 16.4. The Balaban J connectivity index is 1.68. The van der Waals surface area contributed by atoms with Gasteiger partial charge in [-0.2, -0.15) is 0 Å². The van der Waals surface area contributed by atoms with Gasteiger partial charge in [-0.25, -0.2) is 14.9 Å². The molecule has 0 unspecified atom stereocenters. The lowest BCUT2D eigenvalue weighted by Crippen LogP contribution is -2.45. The molecule has 2 heterocycles. The van der Waals surface area contributed by atoms with E-state index in [4.69, 9.17) is 0 Å². The smallest absolute Gasteiger partial charge is 0.361 e. The summed E-state index contributed by atoms with van der Waals surface area (Å²) in [5.74, 6) is -1.88. The molecule has 2 aromatic heterocycles. The fraction of sp³-hybridized carbons (Fsp3) is 0.300. The van der Waals surface area contributed by atoms with Crippen LogP contribution in [0.2, 0.25) is 0 Å².